The van der Waals surface area contributed by atoms with E-state index >= 15 is 0 Å². The minimum Gasteiger partial charge on any atom is -0.299 e. The van der Waals surface area contributed by atoms with Crippen molar-refractivity contribution in [3.05, 3.63) is 35.6 Å². The molecule has 0 aliphatic heterocycles. The predicted molar refractivity (Wildman–Crippen MR) is 47.0 cm³/mol. The molecular formula is C10H13FO. The van der Waals surface area contributed by atoms with Crippen LogP contribution in [0, 0.1) is 0 Å². The summed E-state index contributed by atoms with van der Waals surface area (Å²) in [5.74, 6) is 0.189. The zero-order valence-electron chi connectivity index (χ0n) is 7.27. The van der Waals surface area contributed by atoms with Crippen LogP contribution < -0.4 is 0 Å². The van der Waals surface area contributed by atoms with Gasteiger partial charge >= 0.3 is 0 Å². The van der Waals surface area contributed by atoms with Crippen molar-refractivity contribution in [3.8, 4) is 0 Å². The quantitative estimate of drug-likeness (QED) is 0.586. The molecule has 0 aromatic rings. The van der Waals surface area contributed by atoms with Crippen molar-refractivity contribution in [3.63, 3.8) is 0 Å². The standard InChI is InChI=1S/C10H13FO/c1-8-3-5-10(6-4-8)7-9(2)12-11/h3,5H,2,4,6-7H2,1H3. The molecule has 66 valence electrons. The van der Waals surface area contributed by atoms with E-state index < -0.39 is 0 Å². The summed E-state index contributed by atoms with van der Waals surface area (Å²) in [5.41, 5.74) is 2.55. The summed E-state index contributed by atoms with van der Waals surface area (Å²) in [6, 6.07) is 0. The fraction of sp³-hybridized carbons (Fsp3) is 0.400. The smallest absolute Gasteiger partial charge is 0.145 e. The maximum absolute atomic E-state index is 11.6. The Labute approximate surface area is 72.1 Å². The third-order valence-corrected chi connectivity index (χ3v) is 1.98. The van der Waals surface area contributed by atoms with Gasteiger partial charge in [-0.25, -0.2) is 0 Å². The van der Waals surface area contributed by atoms with Crippen LogP contribution in [0.25, 0.3) is 0 Å². The molecule has 1 nitrogen and oxygen atoms in total. The highest BCUT2D eigenvalue weighted by molar-refractivity contribution is 5.24. The van der Waals surface area contributed by atoms with Crippen molar-refractivity contribution >= 4 is 0 Å². The van der Waals surface area contributed by atoms with Crippen LogP contribution in [0.3, 0.4) is 0 Å². The van der Waals surface area contributed by atoms with Gasteiger partial charge in [-0.1, -0.05) is 29.9 Å². The van der Waals surface area contributed by atoms with Gasteiger partial charge in [0.05, 0.1) is 0 Å². The van der Waals surface area contributed by atoms with E-state index in [1.165, 1.54) is 11.1 Å². The Morgan fingerprint density at radius 3 is 2.83 bits per heavy atom. The molecule has 0 saturated heterocycles. The Balaban J connectivity index is 2.49. The van der Waals surface area contributed by atoms with Crippen LogP contribution in [0.5, 0.6) is 0 Å². The number of allylic oxidation sites excluding steroid dienone is 4. The van der Waals surface area contributed by atoms with Gasteiger partial charge in [-0.05, 0) is 19.8 Å². The van der Waals surface area contributed by atoms with Crippen LogP contribution in [0.15, 0.2) is 35.6 Å². The van der Waals surface area contributed by atoms with Crippen LogP contribution in [-0.4, -0.2) is 0 Å². The second kappa shape index (κ2) is 4.10. The van der Waals surface area contributed by atoms with Crippen LogP contribution in [0.4, 0.5) is 4.53 Å². The average Bonchev–Trinajstić information content (AvgIpc) is 2.09. The summed E-state index contributed by atoms with van der Waals surface area (Å²) in [4.78, 5) is 3.52. The minimum absolute atomic E-state index is 0.189. The third-order valence-electron chi connectivity index (χ3n) is 1.98. The van der Waals surface area contributed by atoms with E-state index in [1.807, 2.05) is 6.08 Å². The number of hydrogen-bond acceptors (Lipinski definition) is 1. The molecule has 0 amide bonds. The summed E-state index contributed by atoms with van der Waals surface area (Å²) in [6.07, 6.45) is 6.64. The van der Waals surface area contributed by atoms with Crippen molar-refractivity contribution < 1.29 is 9.47 Å². The Bertz CT molecular complexity index is 238. The molecule has 0 heterocycles. The molecule has 12 heavy (non-hydrogen) atoms. The molecule has 0 N–H and O–H groups in total. The fourth-order valence-corrected chi connectivity index (χ4v) is 1.21. The first-order chi connectivity index (χ1) is 5.72. The molecule has 0 aromatic carbocycles. The van der Waals surface area contributed by atoms with E-state index in [0.29, 0.717) is 6.42 Å². The molecule has 0 radical (unpaired) electrons. The van der Waals surface area contributed by atoms with Crippen molar-refractivity contribution in [1.29, 1.82) is 0 Å². The normalized spacial score (nSPS) is 16.5. The maximum Gasteiger partial charge on any atom is 0.145 e. The van der Waals surface area contributed by atoms with E-state index in [4.69, 9.17) is 0 Å². The summed E-state index contributed by atoms with van der Waals surface area (Å²) in [5, 5.41) is 0. The Kier molecular flexibility index (Phi) is 3.09. The van der Waals surface area contributed by atoms with Crippen LogP contribution >= 0.6 is 0 Å². The number of rotatable bonds is 3. The highest BCUT2D eigenvalue weighted by atomic mass is 19.3. The molecule has 0 bridgehead atoms. The van der Waals surface area contributed by atoms with Crippen molar-refractivity contribution in [1.82, 2.24) is 0 Å². The van der Waals surface area contributed by atoms with Gasteiger partial charge in [0.1, 0.15) is 5.76 Å². The van der Waals surface area contributed by atoms with Crippen molar-refractivity contribution in [2.45, 2.75) is 26.2 Å². The lowest BCUT2D eigenvalue weighted by atomic mass is 9.97. The fourth-order valence-electron chi connectivity index (χ4n) is 1.21. The van der Waals surface area contributed by atoms with E-state index in [9.17, 15) is 4.53 Å². The molecule has 0 spiro atoms. The van der Waals surface area contributed by atoms with Crippen molar-refractivity contribution in [2.24, 2.45) is 0 Å². The molecule has 0 saturated carbocycles. The van der Waals surface area contributed by atoms with Gasteiger partial charge in [-0.2, -0.15) is 0 Å². The molecule has 0 aromatic heterocycles. The first-order valence-corrected chi connectivity index (χ1v) is 4.04. The lowest BCUT2D eigenvalue weighted by Gasteiger charge is -2.10. The van der Waals surface area contributed by atoms with Gasteiger partial charge in [0.25, 0.3) is 0 Å². The van der Waals surface area contributed by atoms with Gasteiger partial charge in [0, 0.05) is 10.9 Å². The maximum atomic E-state index is 11.6. The van der Waals surface area contributed by atoms with Gasteiger partial charge < -0.3 is 0 Å². The Hall–Kier alpha value is -1.05. The Morgan fingerprint density at radius 2 is 2.33 bits per heavy atom. The van der Waals surface area contributed by atoms with Gasteiger partial charge in [0.15, 0.2) is 0 Å². The van der Waals surface area contributed by atoms with E-state index in [2.05, 4.69) is 24.5 Å². The topological polar surface area (TPSA) is 9.23 Å². The van der Waals surface area contributed by atoms with E-state index in [-0.39, 0.29) is 5.76 Å². The highest BCUT2D eigenvalue weighted by Crippen LogP contribution is 2.22. The predicted octanol–water partition coefficient (Wildman–Crippen LogP) is 3.46. The van der Waals surface area contributed by atoms with Gasteiger partial charge in [0.2, 0.25) is 0 Å². The van der Waals surface area contributed by atoms with E-state index in [0.717, 1.165) is 12.8 Å². The lowest BCUT2D eigenvalue weighted by molar-refractivity contribution is -0.0846. The molecule has 1 aliphatic carbocycles. The van der Waals surface area contributed by atoms with Crippen LogP contribution in [-0.2, 0) is 4.94 Å². The SMILES string of the molecule is C=C(CC1=CC=C(C)CC1)OF. The number of halogens is 1. The molecule has 2 heteroatoms. The first kappa shape index (κ1) is 9.04. The second-order valence-corrected chi connectivity index (χ2v) is 3.13. The Morgan fingerprint density at radius 1 is 1.58 bits per heavy atom. The summed E-state index contributed by atoms with van der Waals surface area (Å²) in [6.45, 7) is 5.52. The minimum atomic E-state index is 0.189. The lowest BCUT2D eigenvalue weighted by Crippen LogP contribution is -1.93. The monoisotopic (exact) mass is 168 g/mol. The number of hydrogen-bond donors (Lipinski definition) is 0. The highest BCUT2D eigenvalue weighted by Gasteiger charge is 2.05. The van der Waals surface area contributed by atoms with Crippen LogP contribution in [0.1, 0.15) is 26.2 Å². The zero-order chi connectivity index (χ0) is 8.97. The molecule has 1 rings (SSSR count). The average molecular weight is 168 g/mol. The molecule has 1 aliphatic rings. The second-order valence-electron chi connectivity index (χ2n) is 3.13. The van der Waals surface area contributed by atoms with Gasteiger partial charge in [-0.15, -0.1) is 0 Å². The molecular weight excluding hydrogens is 155 g/mol. The van der Waals surface area contributed by atoms with E-state index in [1.54, 1.807) is 0 Å². The summed E-state index contributed by atoms with van der Waals surface area (Å²) in [7, 11) is 0. The first-order valence-electron chi connectivity index (χ1n) is 4.04. The molecule has 0 atom stereocenters. The summed E-state index contributed by atoms with van der Waals surface area (Å²) < 4.78 is 11.6. The largest absolute Gasteiger partial charge is 0.299 e. The van der Waals surface area contributed by atoms with Gasteiger partial charge in [-0.3, -0.25) is 4.94 Å². The molecule has 0 unspecified atom stereocenters. The zero-order valence-corrected chi connectivity index (χ0v) is 7.27. The van der Waals surface area contributed by atoms with Crippen LogP contribution in [0.2, 0.25) is 0 Å². The van der Waals surface area contributed by atoms with Crippen molar-refractivity contribution in [2.75, 3.05) is 0 Å². The molecule has 0 fully saturated rings. The third kappa shape index (κ3) is 2.53. The summed E-state index contributed by atoms with van der Waals surface area (Å²) >= 11 is 0.